The fourth-order valence-corrected chi connectivity index (χ4v) is 1.95. The quantitative estimate of drug-likeness (QED) is 0.680. The summed E-state index contributed by atoms with van der Waals surface area (Å²) in [7, 11) is 0. The van der Waals surface area contributed by atoms with Crippen LogP contribution in [-0.4, -0.2) is 29.6 Å². The number of hydrogen-bond donors (Lipinski definition) is 2. The summed E-state index contributed by atoms with van der Waals surface area (Å²) >= 11 is 1.77. The molecule has 1 saturated heterocycles. The van der Waals surface area contributed by atoms with E-state index in [4.69, 9.17) is 0 Å². The van der Waals surface area contributed by atoms with Crippen molar-refractivity contribution in [1.82, 2.24) is 10.6 Å². The zero-order chi connectivity index (χ0) is 8.97. The highest BCUT2D eigenvalue weighted by Crippen LogP contribution is 2.09. The minimum atomic E-state index is 0.0315. The van der Waals surface area contributed by atoms with E-state index in [1.807, 2.05) is 6.92 Å². The van der Waals surface area contributed by atoms with Crippen LogP contribution in [0.1, 0.15) is 20.3 Å². The monoisotopic (exact) mass is 188 g/mol. The average molecular weight is 188 g/mol. The van der Waals surface area contributed by atoms with E-state index in [1.54, 1.807) is 11.8 Å². The number of rotatable bonds is 3. The third-order valence-corrected chi connectivity index (χ3v) is 2.97. The first-order chi connectivity index (χ1) is 5.74. The van der Waals surface area contributed by atoms with Gasteiger partial charge < -0.3 is 5.32 Å². The van der Waals surface area contributed by atoms with Crippen LogP contribution in [-0.2, 0) is 4.79 Å². The minimum absolute atomic E-state index is 0.0315. The first-order valence-electron chi connectivity index (χ1n) is 4.35. The second kappa shape index (κ2) is 4.72. The molecule has 0 aliphatic carbocycles. The van der Waals surface area contributed by atoms with Crippen molar-refractivity contribution in [1.29, 1.82) is 0 Å². The number of carbonyl (C=O) groups is 1. The van der Waals surface area contributed by atoms with Crippen LogP contribution >= 0.6 is 11.8 Å². The molecule has 1 aliphatic heterocycles. The summed E-state index contributed by atoms with van der Waals surface area (Å²) in [5.74, 6) is 1.95. The summed E-state index contributed by atoms with van der Waals surface area (Å²) < 4.78 is 0. The summed E-state index contributed by atoms with van der Waals surface area (Å²) in [6, 6.07) is 0.328. The largest absolute Gasteiger partial charge is 0.352 e. The fourth-order valence-electron chi connectivity index (χ4n) is 1.01. The van der Waals surface area contributed by atoms with Gasteiger partial charge in [-0.2, -0.15) is 0 Å². The van der Waals surface area contributed by atoms with Crippen LogP contribution in [0.4, 0.5) is 0 Å². The SMILES string of the molecule is CC[C@@H](C)NC(=O)[C@H]1CSCN1. The van der Waals surface area contributed by atoms with Crippen molar-refractivity contribution in [2.45, 2.75) is 32.4 Å². The van der Waals surface area contributed by atoms with Crippen LogP contribution in [0.3, 0.4) is 0 Å². The third kappa shape index (κ3) is 2.68. The minimum Gasteiger partial charge on any atom is -0.352 e. The van der Waals surface area contributed by atoms with E-state index in [-0.39, 0.29) is 11.9 Å². The van der Waals surface area contributed by atoms with E-state index < -0.39 is 0 Å². The summed E-state index contributed by atoms with van der Waals surface area (Å²) in [6.45, 7) is 4.10. The van der Waals surface area contributed by atoms with E-state index in [2.05, 4.69) is 17.6 Å². The average Bonchev–Trinajstić information content (AvgIpc) is 2.56. The zero-order valence-electron chi connectivity index (χ0n) is 7.59. The van der Waals surface area contributed by atoms with E-state index in [0.717, 1.165) is 18.1 Å². The number of carbonyl (C=O) groups excluding carboxylic acids is 1. The van der Waals surface area contributed by atoms with Crippen molar-refractivity contribution in [3.05, 3.63) is 0 Å². The molecule has 1 heterocycles. The molecule has 0 radical (unpaired) electrons. The van der Waals surface area contributed by atoms with Crippen molar-refractivity contribution in [3.63, 3.8) is 0 Å². The zero-order valence-corrected chi connectivity index (χ0v) is 8.41. The van der Waals surface area contributed by atoms with Gasteiger partial charge in [0, 0.05) is 17.7 Å². The lowest BCUT2D eigenvalue weighted by atomic mass is 10.2. The van der Waals surface area contributed by atoms with Crippen LogP contribution < -0.4 is 10.6 Å². The van der Waals surface area contributed by atoms with Crippen molar-refractivity contribution in [3.8, 4) is 0 Å². The molecule has 1 aliphatic rings. The highest BCUT2D eigenvalue weighted by molar-refractivity contribution is 7.99. The molecule has 0 aromatic carbocycles. The van der Waals surface area contributed by atoms with Crippen molar-refractivity contribution in [2.24, 2.45) is 0 Å². The van der Waals surface area contributed by atoms with Gasteiger partial charge in [-0.1, -0.05) is 6.92 Å². The fraction of sp³-hybridized carbons (Fsp3) is 0.875. The Balaban J connectivity index is 2.27. The molecular weight excluding hydrogens is 172 g/mol. The highest BCUT2D eigenvalue weighted by atomic mass is 32.2. The van der Waals surface area contributed by atoms with Gasteiger partial charge >= 0.3 is 0 Å². The normalized spacial score (nSPS) is 25.3. The Morgan fingerprint density at radius 3 is 3.08 bits per heavy atom. The Bertz CT molecular complexity index is 157. The van der Waals surface area contributed by atoms with Gasteiger partial charge in [-0.25, -0.2) is 0 Å². The standard InChI is InChI=1S/C8H16N2OS/c1-3-6(2)10-8(11)7-4-12-5-9-7/h6-7,9H,3-5H2,1-2H3,(H,10,11)/t6-,7-/m1/s1. The number of amides is 1. The first kappa shape index (κ1) is 9.86. The molecule has 0 aromatic rings. The second-order valence-electron chi connectivity index (χ2n) is 3.09. The third-order valence-electron chi connectivity index (χ3n) is 2.03. The predicted molar refractivity (Wildman–Crippen MR) is 52.1 cm³/mol. The van der Waals surface area contributed by atoms with Gasteiger partial charge in [0.25, 0.3) is 0 Å². The molecular formula is C8H16N2OS. The first-order valence-corrected chi connectivity index (χ1v) is 5.51. The van der Waals surface area contributed by atoms with Gasteiger partial charge in [-0.15, -0.1) is 11.8 Å². The van der Waals surface area contributed by atoms with Gasteiger partial charge in [0.2, 0.25) is 5.91 Å². The van der Waals surface area contributed by atoms with Gasteiger partial charge in [0.15, 0.2) is 0 Å². The van der Waals surface area contributed by atoms with Gasteiger partial charge in [-0.3, -0.25) is 10.1 Å². The molecule has 0 aromatic heterocycles. The summed E-state index contributed by atoms with van der Waals surface area (Å²) in [5.41, 5.74) is 0. The lowest BCUT2D eigenvalue weighted by Gasteiger charge is -2.14. The molecule has 0 bridgehead atoms. The number of thioether (sulfide) groups is 1. The topological polar surface area (TPSA) is 41.1 Å². The molecule has 0 saturated carbocycles. The molecule has 70 valence electrons. The highest BCUT2D eigenvalue weighted by Gasteiger charge is 2.22. The molecule has 1 fully saturated rings. The van der Waals surface area contributed by atoms with Crippen LogP contribution in [0.5, 0.6) is 0 Å². The van der Waals surface area contributed by atoms with Crippen LogP contribution in [0, 0.1) is 0 Å². The van der Waals surface area contributed by atoms with E-state index in [0.29, 0.717) is 6.04 Å². The summed E-state index contributed by atoms with van der Waals surface area (Å²) in [5, 5.41) is 6.09. The van der Waals surface area contributed by atoms with Gasteiger partial charge in [0.05, 0.1) is 6.04 Å². The lowest BCUT2D eigenvalue weighted by molar-refractivity contribution is -0.123. The Morgan fingerprint density at radius 1 is 1.83 bits per heavy atom. The molecule has 1 amide bonds. The van der Waals surface area contributed by atoms with Crippen molar-refractivity contribution < 1.29 is 4.79 Å². The van der Waals surface area contributed by atoms with Crippen molar-refractivity contribution >= 4 is 17.7 Å². The Labute approximate surface area is 77.7 Å². The maximum Gasteiger partial charge on any atom is 0.238 e. The second-order valence-corrected chi connectivity index (χ2v) is 4.12. The maximum atomic E-state index is 11.4. The smallest absolute Gasteiger partial charge is 0.238 e. The van der Waals surface area contributed by atoms with Crippen molar-refractivity contribution in [2.75, 3.05) is 11.6 Å². The Hall–Kier alpha value is -0.220. The molecule has 0 spiro atoms. The Kier molecular flexibility index (Phi) is 3.88. The summed E-state index contributed by atoms with van der Waals surface area (Å²) in [4.78, 5) is 11.4. The molecule has 2 atom stereocenters. The molecule has 3 nitrogen and oxygen atoms in total. The molecule has 4 heteroatoms. The Morgan fingerprint density at radius 2 is 2.58 bits per heavy atom. The van der Waals surface area contributed by atoms with Crippen LogP contribution in [0.15, 0.2) is 0 Å². The molecule has 2 N–H and O–H groups in total. The van der Waals surface area contributed by atoms with Gasteiger partial charge in [0.1, 0.15) is 0 Å². The molecule has 12 heavy (non-hydrogen) atoms. The predicted octanol–water partition coefficient (Wildman–Crippen LogP) is 0.564. The molecule has 0 unspecified atom stereocenters. The van der Waals surface area contributed by atoms with E-state index in [1.165, 1.54) is 0 Å². The maximum absolute atomic E-state index is 11.4. The van der Waals surface area contributed by atoms with Crippen LogP contribution in [0.25, 0.3) is 0 Å². The summed E-state index contributed by atoms with van der Waals surface area (Å²) in [6.07, 6.45) is 0.992. The number of hydrogen-bond acceptors (Lipinski definition) is 3. The van der Waals surface area contributed by atoms with E-state index >= 15 is 0 Å². The van der Waals surface area contributed by atoms with E-state index in [9.17, 15) is 4.79 Å². The van der Waals surface area contributed by atoms with Crippen LogP contribution in [0.2, 0.25) is 0 Å². The lowest BCUT2D eigenvalue weighted by Crippen LogP contribution is -2.45. The number of nitrogens with one attached hydrogen (secondary N) is 2. The molecule has 1 rings (SSSR count). The van der Waals surface area contributed by atoms with Gasteiger partial charge in [-0.05, 0) is 13.3 Å².